The second-order valence-electron chi connectivity index (χ2n) is 7.25. The van der Waals surface area contributed by atoms with Crippen LogP contribution in [0.25, 0.3) is 11.0 Å². The summed E-state index contributed by atoms with van der Waals surface area (Å²) >= 11 is 0. The predicted molar refractivity (Wildman–Crippen MR) is 109 cm³/mol. The van der Waals surface area contributed by atoms with Crippen LogP contribution in [0.15, 0.2) is 33.5 Å². The van der Waals surface area contributed by atoms with Crippen molar-refractivity contribution in [1.29, 1.82) is 0 Å². The van der Waals surface area contributed by atoms with E-state index in [-0.39, 0.29) is 17.8 Å². The van der Waals surface area contributed by atoms with Gasteiger partial charge in [0.25, 0.3) is 0 Å². The number of carbonyl (C=O) groups excluding carboxylic acids is 1. The number of ether oxygens (including phenoxy) is 3. The molecule has 1 aliphatic heterocycles. The van der Waals surface area contributed by atoms with E-state index < -0.39 is 6.10 Å². The standard InChI is InChI=1S/C23H22O6/c1-11-8-19-21(12(2)13(3)23(25)29-19)22-20(11)16(24)10-18(28-22)15-9-14(26-4)6-7-17(15)27-5/h6-9,18H,10H2,1-5H3. The van der Waals surface area contributed by atoms with Crippen molar-refractivity contribution < 1.29 is 23.4 Å². The van der Waals surface area contributed by atoms with Crippen LogP contribution in [-0.2, 0) is 0 Å². The highest BCUT2D eigenvalue weighted by molar-refractivity contribution is 6.07. The first kappa shape index (κ1) is 19.1. The van der Waals surface area contributed by atoms with Crippen molar-refractivity contribution in [2.24, 2.45) is 0 Å². The summed E-state index contributed by atoms with van der Waals surface area (Å²) in [4.78, 5) is 25.2. The summed E-state index contributed by atoms with van der Waals surface area (Å²) in [7, 11) is 3.16. The van der Waals surface area contributed by atoms with Gasteiger partial charge in [-0.3, -0.25) is 4.79 Å². The van der Waals surface area contributed by atoms with Crippen molar-refractivity contribution >= 4 is 16.8 Å². The fourth-order valence-corrected chi connectivity index (χ4v) is 3.89. The van der Waals surface area contributed by atoms with Crippen molar-refractivity contribution in [1.82, 2.24) is 0 Å². The average Bonchev–Trinajstić information content (AvgIpc) is 2.70. The van der Waals surface area contributed by atoms with E-state index in [1.54, 1.807) is 39.3 Å². The molecule has 150 valence electrons. The van der Waals surface area contributed by atoms with Gasteiger partial charge in [0.15, 0.2) is 5.78 Å². The van der Waals surface area contributed by atoms with E-state index in [2.05, 4.69) is 0 Å². The molecule has 0 N–H and O–H groups in total. The Bertz CT molecular complexity index is 1200. The van der Waals surface area contributed by atoms with E-state index in [1.165, 1.54) is 0 Å². The Morgan fingerprint density at radius 3 is 2.45 bits per heavy atom. The minimum atomic E-state index is -0.545. The molecular formula is C23H22O6. The lowest BCUT2D eigenvalue weighted by atomic mass is 9.90. The number of Topliss-reactive ketones (excluding diaryl/α,β-unsaturated/α-hetero) is 1. The van der Waals surface area contributed by atoms with Crippen LogP contribution in [0.2, 0.25) is 0 Å². The number of hydrogen-bond donors (Lipinski definition) is 0. The van der Waals surface area contributed by atoms with Gasteiger partial charge < -0.3 is 18.6 Å². The molecule has 0 saturated carbocycles. The van der Waals surface area contributed by atoms with Gasteiger partial charge in [0.05, 0.1) is 31.6 Å². The number of benzene rings is 2. The number of hydrogen-bond acceptors (Lipinski definition) is 6. The zero-order valence-electron chi connectivity index (χ0n) is 17.0. The lowest BCUT2D eigenvalue weighted by Crippen LogP contribution is -2.22. The van der Waals surface area contributed by atoms with Crippen LogP contribution in [0.1, 0.15) is 45.1 Å². The van der Waals surface area contributed by atoms with E-state index in [9.17, 15) is 9.59 Å². The molecule has 2 heterocycles. The van der Waals surface area contributed by atoms with Crippen LogP contribution in [-0.4, -0.2) is 20.0 Å². The minimum absolute atomic E-state index is 0.0243. The van der Waals surface area contributed by atoms with Gasteiger partial charge in [0.1, 0.15) is 28.9 Å². The van der Waals surface area contributed by atoms with Crippen LogP contribution in [0.5, 0.6) is 17.2 Å². The first-order chi connectivity index (χ1) is 13.8. The van der Waals surface area contributed by atoms with Crippen LogP contribution < -0.4 is 19.8 Å². The maximum absolute atomic E-state index is 13.1. The molecule has 3 aromatic rings. The fraction of sp³-hybridized carbons (Fsp3) is 0.304. The van der Waals surface area contributed by atoms with Crippen molar-refractivity contribution in [3.05, 3.63) is 62.5 Å². The first-order valence-electron chi connectivity index (χ1n) is 9.35. The molecule has 1 unspecified atom stereocenters. The zero-order valence-corrected chi connectivity index (χ0v) is 17.0. The van der Waals surface area contributed by atoms with Gasteiger partial charge in [-0.15, -0.1) is 0 Å². The first-order valence-corrected chi connectivity index (χ1v) is 9.35. The fourth-order valence-electron chi connectivity index (χ4n) is 3.89. The topological polar surface area (TPSA) is 75.0 Å². The lowest BCUT2D eigenvalue weighted by molar-refractivity contribution is 0.0849. The molecule has 4 rings (SSSR count). The van der Waals surface area contributed by atoms with Crippen LogP contribution in [0.4, 0.5) is 0 Å². The molecular weight excluding hydrogens is 372 g/mol. The Kier molecular flexibility index (Phi) is 4.57. The van der Waals surface area contributed by atoms with Crippen molar-refractivity contribution in [3.63, 3.8) is 0 Å². The van der Waals surface area contributed by atoms with E-state index in [4.69, 9.17) is 18.6 Å². The summed E-state index contributed by atoms with van der Waals surface area (Å²) in [5.41, 5.74) is 3.27. The van der Waals surface area contributed by atoms with Gasteiger partial charge in [0.2, 0.25) is 0 Å². The smallest absolute Gasteiger partial charge is 0.339 e. The number of rotatable bonds is 3. The second-order valence-corrected chi connectivity index (χ2v) is 7.25. The Hall–Kier alpha value is -3.28. The maximum Gasteiger partial charge on any atom is 0.339 e. The summed E-state index contributed by atoms with van der Waals surface area (Å²) in [5.74, 6) is 1.69. The maximum atomic E-state index is 13.1. The SMILES string of the molecule is COc1ccc(OC)c(C2CC(=O)c3c(C)cc4oc(=O)c(C)c(C)c4c3O2)c1. The Balaban J connectivity index is 1.96. The Labute approximate surface area is 168 Å². The normalized spacial score (nSPS) is 15.8. The number of aryl methyl sites for hydroxylation is 2. The molecule has 6 heteroatoms. The molecule has 1 aliphatic rings. The van der Waals surface area contributed by atoms with Crippen LogP contribution in [0, 0.1) is 20.8 Å². The van der Waals surface area contributed by atoms with Gasteiger partial charge in [-0.1, -0.05) is 0 Å². The predicted octanol–water partition coefficient (Wildman–Crippen LogP) is 4.44. The van der Waals surface area contributed by atoms with Crippen molar-refractivity contribution in [2.45, 2.75) is 33.3 Å². The van der Waals surface area contributed by atoms with Crippen LogP contribution >= 0.6 is 0 Å². The van der Waals surface area contributed by atoms with Gasteiger partial charge >= 0.3 is 5.63 Å². The van der Waals surface area contributed by atoms with Gasteiger partial charge in [-0.05, 0) is 56.2 Å². The highest BCUT2D eigenvalue weighted by atomic mass is 16.5. The third-order valence-electron chi connectivity index (χ3n) is 5.58. The quantitative estimate of drug-likeness (QED) is 0.611. The Morgan fingerprint density at radius 1 is 1.00 bits per heavy atom. The summed E-state index contributed by atoms with van der Waals surface area (Å²) in [6.07, 6.45) is -0.366. The lowest BCUT2D eigenvalue weighted by Gasteiger charge is -2.29. The molecule has 29 heavy (non-hydrogen) atoms. The molecule has 0 bridgehead atoms. The Morgan fingerprint density at radius 2 is 1.76 bits per heavy atom. The monoisotopic (exact) mass is 394 g/mol. The molecule has 0 amide bonds. The summed E-state index contributed by atoms with van der Waals surface area (Å²) in [6, 6.07) is 7.14. The van der Waals surface area contributed by atoms with Crippen molar-refractivity contribution in [3.8, 4) is 17.2 Å². The average molecular weight is 394 g/mol. The second kappa shape index (κ2) is 6.95. The molecule has 1 aromatic heterocycles. The van der Waals surface area contributed by atoms with Gasteiger partial charge in [0, 0.05) is 11.1 Å². The van der Waals surface area contributed by atoms with Gasteiger partial charge in [-0.2, -0.15) is 0 Å². The molecule has 0 fully saturated rings. The molecule has 1 atom stereocenters. The molecule has 0 saturated heterocycles. The molecule has 0 aliphatic carbocycles. The molecule has 0 spiro atoms. The molecule has 6 nitrogen and oxygen atoms in total. The summed E-state index contributed by atoms with van der Waals surface area (Å²) < 4.78 is 22.7. The van der Waals surface area contributed by atoms with E-state index in [0.717, 1.165) is 16.7 Å². The highest BCUT2D eigenvalue weighted by Gasteiger charge is 2.33. The van der Waals surface area contributed by atoms with E-state index >= 15 is 0 Å². The number of methoxy groups -OCH3 is 2. The third-order valence-corrected chi connectivity index (χ3v) is 5.58. The zero-order chi connectivity index (χ0) is 20.9. The third kappa shape index (κ3) is 2.95. The number of carbonyl (C=O) groups is 1. The van der Waals surface area contributed by atoms with E-state index in [0.29, 0.717) is 39.3 Å². The highest BCUT2D eigenvalue weighted by Crippen LogP contribution is 2.45. The van der Waals surface area contributed by atoms with Gasteiger partial charge in [-0.25, -0.2) is 4.79 Å². The van der Waals surface area contributed by atoms with Crippen molar-refractivity contribution in [2.75, 3.05) is 14.2 Å². The number of ketones is 1. The van der Waals surface area contributed by atoms with Crippen LogP contribution in [0.3, 0.4) is 0 Å². The molecule has 0 radical (unpaired) electrons. The summed E-state index contributed by atoms with van der Waals surface area (Å²) in [5, 5.41) is 0.655. The largest absolute Gasteiger partial charge is 0.497 e. The number of fused-ring (bicyclic) bond motifs is 3. The summed E-state index contributed by atoms with van der Waals surface area (Å²) in [6.45, 7) is 5.37. The van der Waals surface area contributed by atoms with E-state index in [1.807, 2.05) is 19.9 Å². The molecule has 2 aromatic carbocycles. The minimum Gasteiger partial charge on any atom is -0.497 e.